The highest BCUT2D eigenvalue weighted by atomic mass is 28.4. The number of hydrogen-bond donors (Lipinski definition) is 0. The van der Waals surface area contributed by atoms with Crippen LogP contribution in [0, 0.1) is 11.8 Å². The molecule has 19 heavy (non-hydrogen) atoms. The van der Waals surface area contributed by atoms with E-state index in [4.69, 9.17) is 9.16 Å². The summed E-state index contributed by atoms with van der Waals surface area (Å²) in [6, 6.07) is 0. The molecule has 0 aromatic heterocycles. The number of rotatable bonds is 6. The van der Waals surface area contributed by atoms with Gasteiger partial charge in [0, 0.05) is 0 Å². The van der Waals surface area contributed by atoms with E-state index in [-0.39, 0.29) is 5.04 Å². The lowest BCUT2D eigenvalue weighted by atomic mass is 10.2. The third-order valence-corrected chi connectivity index (χ3v) is 7.74. The first-order chi connectivity index (χ1) is 8.81. The highest BCUT2D eigenvalue weighted by Gasteiger charge is 2.36. The predicted molar refractivity (Wildman–Crippen MR) is 85.7 cm³/mol. The minimum absolute atomic E-state index is 0.239. The van der Waals surface area contributed by atoms with Crippen molar-refractivity contribution in [2.75, 3.05) is 19.8 Å². The minimum atomic E-state index is -1.66. The molecule has 0 aliphatic rings. The van der Waals surface area contributed by atoms with Gasteiger partial charge in [-0.15, -0.1) is 0 Å². The van der Waals surface area contributed by atoms with E-state index in [9.17, 15) is 0 Å². The third kappa shape index (κ3) is 8.82. The van der Waals surface area contributed by atoms with Crippen LogP contribution in [0.4, 0.5) is 0 Å². The Morgan fingerprint density at radius 2 is 1.68 bits per heavy atom. The molecular formula is C16H28O2Si. The van der Waals surface area contributed by atoms with Gasteiger partial charge < -0.3 is 9.16 Å². The van der Waals surface area contributed by atoms with E-state index in [0.29, 0.717) is 19.8 Å². The van der Waals surface area contributed by atoms with Crippen molar-refractivity contribution in [1.82, 2.24) is 0 Å². The molecule has 0 saturated heterocycles. The van der Waals surface area contributed by atoms with Crippen molar-refractivity contribution in [2.45, 2.75) is 45.8 Å². The Balaban J connectivity index is 3.78. The van der Waals surface area contributed by atoms with E-state index in [1.807, 2.05) is 31.2 Å². The van der Waals surface area contributed by atoms with Crippen molar-refractivity contribution in [3.63, 3.8) is 0 Å². The molecule has 0 spiro atoms. The largest absolute Gasteiger partial charge is 0.406 e. The molecule has 0 radical (unpaired) electrons. The SMILES string of the molecule is C/C=C/C=C/COCC#CCO[Si](C)(C)C(C)(C)C. The molecule has 2 nitrogen and oxygen atoms in total. The molecule has 0 aliphatic heterocycles. The Morgan fingerprint density at radius 1 is 1.05 bits per heavy atom. The topological polar surface area (TPSA) is 18.5 Å². The second-order valence-electron chi connectivity index (χ2n) is 5.87. The van der Waals surface area contributed by atoms with Gasteiger partial charge in [-0.25, -0.2) is 0 Å². The van der Waals surface area contributed by atoms with Gasteiger partial charge in [0.05, 0.1) is 13.2 Å². The summed E-state index contributed by atoms with van der Waals surface area (Å²) in [5.41, 5.74) is 0. The van der Waals surface area contributed by atoms with Crippen LogP contribution in [0.3, 0.4) is 0 Å². The summed E-state index contributed by atoms with van der Waals surface area (Å²) < 4.78 is 11.3. The lowest BCUT2D eigenvalue weighted by Crippen LogP contribution is -2.40. The van der Waals surface area contributed by atoms with E-state index in [1.54, 1.807) is 0 Å². The molecule has 0 aromatic carbocycles. The van der Waals surface area contributed by atoms with Gasteiger partial charge in [0.25, 0.3) is 0 Å². The van der Waals surface area contributed by atoms with E-state index >= 15 is 0 Å². The Hall–Kier alpha value is -0.823. The van der Waals surface area contributed by atoms with E-state index in [0.717, 1.165) is 0 Å². The molecule has 0 atom stereocenters. The maximum absolute atomic E-state index is 5.94. The minimum Gasteiger partial charge on any atom is -0.406 e. The Kier molecular flexibility index (Phi) is 8.74. The van der Waals surface area contributed by atoms with Gasteiger partial charge in [-0.2, -0.15) is 0 Å². The van der Waals surface area contributed by atoms with Crippen LogP contribution in [0.15, 0.2) is 24.3 Å². The van der Waals surface area contributed by atoms with Crippen molar-refractivity contribution in [3.8, 4) is 11.8 Å². The fourth-order valence-electron chi connectivity index (χ4n) is 0.958. The predicted octanol–water partition coefficient (Wildman–Crippen LogP) is 4.16. The second kappa shape index (κ2) is 9.14. The summed E-state index contributed by atoms with van der Waals surface area (Å²) in [6.07, 6.45) is 7.89. The Labute approximate surface area is 120 Å². The first-order valence-electron chi connectivity index (χ1n) is 6.76. The number of hydrogen-bond acceptors (Lipinski definition) is 2. The summed E-state index contributed by atoms with van der Waals surface area (Å²) in [4.78, 5) is 0. The summed E-state index contributed by atoms with van der Waals surface area (Å²) in [6.45, 7) is 14.7. The van der Waals surface area contributed by atoms with E-state index in [2.05, 4.69) is 45.7 Å². The summed E-state index contributed by atoms with van der Waals surface area (Å²) in [5, 5.41) is 0.239. The highest BCUT2D eigenvalue weighted by molar-refractivity contribution is 6.74. The average molecular weight is 280 g/mol. The second-order valence-corrected chi connectivity index (χ2v) is 10.7. The molecule has 0 unspecified atom stereocenters. The maximum Gasteiger partial charge on any atom is 0.193 e. The van der Waals surface area contributed by atoms with E-state index < -0.39 is 8.32 Å². The third-order valence-electron chi connectivity index (χ3n) is 3.26. The molecule has 0 heterocycles. The summed E-state index contributed by atoms with van der Waals surface area (Å²) in [7, 11) is -1.66. The monoisotopic (exact) mass is 280 g/mol. The van der Waals surface area contributed by atoms with Gasteiger partial charge in [0.2, 0.25) is 0 Å². The van der Waals surface area contributed by atoms with Gasteiger partial charge >= 0.3 is 0 Å². The van der Waals surface area contributed by atoms with Gasteiger partial charge in [-0.3, -0.25) is 0 Å². The smallest absolute Gasteiger partial charge is 0.193 e. The first-order valence-corrected chi connectivity index (χ1v) is 9.67. The van der Waals surface area contributed by atoms with Crippen molar-refractivity contribution in [3.05, 3.63) is 24.3 Å². The summed E-state index contributed by atoms with van der Waals surface area (Å²) >= 11 is 0. The van der Waals surface area contributed by atoms with Crippen LogP contribution >= 0.6 is 0 Å². The van der Waals surface area contributed by atoms with E-state index in [1.165, 1.54) is 0 Å². The van der Waals surface area contributed by atoms with Crippen molar-refractivity contribution >= 4 is 8.32 Å². The van der Waals surface area contributed by atoms with Gasteiger partial charge in [-0.1, -0.05) is 56.9 Å². The molecule has 0 aliphatic carbocycles. The van der Waals surface area contributed by atoms with Crippen molar-refractivity contribution < 1.29 is 9.16 Å². The van der Waals surface area contributed by atoms with Crippen LogP contribution in [0.25, 0.3) is 0 Å². The molecule has 0 bridgehead atoms. The highest BCUT2D eigenvalue weighted by Crippen LogP contribution is 2.36. The van der Waals surface area contributed by atoms with Crippen LogP contribution in [-0.4, -0.2) is 28.1 Å². The van der Waals surface area contributed by atoms with Gasteiger partial charge in [0.15, 0.2) is 8.32 Å². The Bertz CT molecular complexity index is 351. The molecule has 0 saturated carbocycles. The molecule has 3 heteroatoms. The number of allylic oxidation sites excluding steroid dienone is 3. The zero-order valence-corrected chi connectivity index (χ0v) is 14.2. The normalized spacial score (nSPS) is 12.9. The fourth-order valence-corrected chi connectivity index (χ4v) is 1.82. The van der Waals surface area contributed by atoms with Crippen LogP contribution in [-0.2, 0) is 9.16 Å². The lowest BCUT2D eigenvalue weighted by molar-refractivity contribution is 0.199. The van der Waals surface area contributed by atoms with Gasteiger partial charge in [0.1, 0.15) is 6.61 Å². The van der Waals surface area contributed by atoms with Crippen LogP contribution in [0.5, 0.6) is 0 Å². The number of ether oxygens (including phenoxy) is 1. The van der Waals surface area contributed by atoms with Crippen LogP contribution in [0.1, 0.15) is 27.7 Å². The first kappa shape index (κ1) is 18.2. The summed E-state index contributed by atoms with van der Waals surface area (Å²) in [5.74, 6) is 5.99. The molecule has 0 aromatic rings. The quantitative estimate of drug-likeness (QED) is 0.315. The fraction of sp³-hybridized carbons (Fsp3) is 0.625. The molecule has 0 amide bonds. The van der Waals surface area contributed by atoms with Gasteiger partial charge in [-0.05, 0) is 25.1 Å². The molecule has 0 rings (SSSR count). The average Bonchev–Trinajstić information content (AvgIpc) is 2.30. The standard InChI is InChI=1S/C16H28O2Si/c1-7-8-9-10-13-17-14-11-12-15-18-19(5,6)16(2,3)4/h7-10H,13-15H2,1-6H3/b8-7+,10-9+. The van der Waals surface area contributed by atoms with Crippen LogP contribution < -0.4 is 0 Å². The molecular weight excluding hydrogens is 252 g/mol. The molecule has 0 fully saturated rings. The van der Waals surface area contributed by atoms with Crippen molar-refractivity contribution in [2.24, 2.45) is 0 Å². The Morgan fingerprint density at radius 3 is 2.26 bits per heavy atom. The maximum atomic E-state index is 5.94. The zero-order chi connectivity index (χ0) is 14.8. The molecule has 108 valence electrons. The van der Waals surface area contributed by atoms with Crippen LogP contribution in [0.2, 0.25) is 18.1 Å². The lowest BCUT2D eigenvalue weighted by Gasteiger charge is -2.35. The molecule has 0 N–H and O–H groups in total. The van der Waals surface area contributed by atoms with Crippen molar-refractivity contribution in [1.29, 1.82) is 0 Å². The zero-order valence-electron chi connectivity index (χ0n) is 13.2.